The first-order valence-corrected chi connectivity index (χ1v) is 15.4. The van der Waals surface area contributed by atoms with E-state index in [-0.39, 0.29) is 0 Å². The molecule has 1 aromatic heterocycles. The standard InChI is InChI=1S/C42H27F3N2/c43-42(44,45)32-22-25-39(46-27-32)47(33-12-2-1-3-13-33)34-23-20-29(21-24-34)40-35-14-6-8-16-37(35)41(38-17-9-7-15-36(38)40)31-19-18-28-10-4-5-11-30(28)26-31/h1-27H. The van der Waals surface area contributed by atoms with Gasteiger partial charge in [-0.1, -0.05) is 115 Å². The first kappa shape index (κ1) is 28.5. The number of hydrogen-bond donors (Lipinski definition) is 0. The fraction of sp³-hybridized carbons (Fsp3) is 0.0238. The zero-order valence-electron chi connectivity index (χ0n) is 25.1. The van der Waals surface area contributed by atoms with Gasteiger partial charge in [0.2, 0.25) is 0 Å². The number of hydrogen-bond acceptors (Lipinski definition) is 2. The van der Waals surface area contributed by atoms with Gasteiger partial charge in [0, 0.05) is 17.6 Å². The van der Waals surface area contributed by atoms with Crippen LogP contribution in [-0.4, -0.2) is 4.98 Å². The molecule has 47 heavy (non-hydrogen) atoms. The maximum atomic E-state index is 13.3. The Morgan fingerprint density at radius 3 is 1.53 bits per heavy atom. The van der Waals surface area contributed by atoms with Crippen LogP contribution >= 0.6 is 0 Å². The fourth-order valence-electron chi connectivity index (χ4n) is 6.55. The highest BCUT2D eigenvalue weighted by atomic mass is 19.4. The molecule has 2 nitrogen and oxygen atoms in total. The Hall–Kier alpha value is -5.94. The third-order valence-electron chi connectivity index (χ3n) is 8.70. The fourth-order valence-corrected chi connectivity index (χ4v) is 6.55. The zero-order valence-corrected chi connectivity index (χ0v) is 25.1. The second-order valence-corrected chi connectivity index (χ2v) is 11.5. The molecule has 0 radical (unpaired) electrons. The van der Waals surface area contributed by atoms with Gasteiger partial charge in [0.1, 0.15) is 5.82 Å². The summed E-state index contributed by atoms with van der Waals surface area (Å²) in [4.78, 5) is 6.09. The molecule has 7 aromatic carbocycles. The van der Waals surface area contributed by atoms with E-state index < -0.39 is 11.7 Å². The van der Waals surface area contributed by atoms with E-state index in [0.717, 1.165) is 45.5 Å². The van der Waals surface area contributed by atoms with Gasteiger partial charge in [-0.15, -0.1) is 0 Å². The summed E-state index contributed by atoms with van der Waals surface area (Å²) < 4.78 is 40.0. The number of para-hydroxylation sites is 1. The SMILES string of the molecule is FC(F)(F)c1ccc(N(c2ccccc2)c2ccc(-c3c4ccccc4c(-c4ccc5ccccc5c4)c4ccccc34)cc2)nc1. The lowest BCUT2D eigenvalue weighted by atomic mass is 9.85. The predicted octanol–water partition coefficient (Wildman–Crippen LogP) is 12.4. The van der Waals surface area contributed by atoms with Crippen LogP contribution in [0.25, 0.3) is 54.6 Å². The van der Waals surface area contributed by atoms with Gasteiger partial charge in [-0.05, 0) is 97.0 Å². The molecular weight excluding hydrogens is 589 g/mol. The normalized spacial score (nSPS) is 11.7. The number of fused-ring (bicyclic) bond motifs is 3. The molecule has 0 aliphatic carbocycles. The van der Waals surface area contributed by atoms with Crippen LogP contribution in [0.15, 0.2) is 164 Å². The molecule has 8 rings (SSSR count). The van der Waals surface area contributed by atoms with E-state index in [1.807, 2.05) is 47.4 Å². The van der Waals surface area contributed by atoms with E-state index in [9.17, 15) is 13.2 Å². The smallest absolute Gasteiger partial charge is 0.295 e. The van der Waals surface area contributed by atoms with Crippen LogP contribution in [0.1, 0.15) is 5.56 Å². The highest BCUT2D eigenvalue weighted by Gasteiger charge is 2.31. The molecule has 0 spiro atoms. The summed E-state index contributed by atoms with van der Waals surface area (Å²) in [6.45, 7) is 0. The van der Waals surface area contributed by atoms with Gasteiger partial charge >= 0.3 is 6.18 Å². The monoisotopic (exact) mass is 616 g/mol. The second kappa shape index (κ2) is 11.5. The van der Waals surface area contributed by atoms with Crippen molar-refractivity contribution in [2.24, 2.45) is 0 Å². The lowest BCUT2D eigenvalue weighted by molar-refractivity contribution is -0.137. The molecule has 0 unspecified atom stereocenters. The van der Waals surface area contributed by atoms with Crippen LogP contribution in [0.2, 0.25) is 0 Å². The van der Waals surface area contributed by atoms with Crippen molar-refractivity contribution < 1.29 is 13.2 Å². The second-order valence-electron chi connectivity index (χ2n) is 11.5. The molecule has 0 aliphatic rings. The van der Waals surface area contributed by atoms with Crippen molar-refractivity contribution in [2.45, 2.75) is 6.18 Å². The number of rotatable bonds is 5. The van der Waals surface area contributed by atoms with E-state index >= 15 is 0 Å². The molecule has 226 valence electrons. The minimum atomic E-state index is -4.46. The van der Waals surface area contributed by atoms with Crippen molar-refractivity contribution in [1.29, 1.82) is 0 Å². The molecule has 0 bridgehead atoms. The third-order valence-corrected chi connectivity index (χ3v) is 8.70. The molecule has 5 heteroatoms. The van der Waals surface area contributed by atoms with Crippen LogP contribution in [-0.2, 0) is 6.18 Å². The van der Waals surface area contributed by atoms with Gasteiger partial charge in [0.25, 0.3) is 0 Å². The summed E-state index contributed by atoms with van der Waals surface area (Å²) in [5.74, 6) is 0.396. The lowest BCUT2D eigenvalue weighted by Crippen LogP contribution is -2.13. The Labute approximate surface area is 270 Å². The largest absolute Gasteiger partial charge is 0.417 e. The molecule has 0 aliphatic heterocycles. The van der Waals surface area contributed by atoms with Crippen molar-refractivity contribution in [3.05, 3.63) is 169 Å². The Kier molecular flexibility index (Phi) is 6.95. The zero-order chi connectivity index (χ0) is 32.0. The topological polar surface area (TPSA) is 16.1 Å². The maximum absolute atomic E-state index is 13.3. The van der Waals surface area contributed by atoms with E-state index in [0.29, 0.717) is 5.82 Å². The van der Waals surface area contributed by atoms with Crippen LogP contribution in [0.5, 0.6) is 0 Å². The van der Waals surface area contributed by atoms with Crippen LogP contribution in [0.4, 0.5) is 30.4 Å². The maximum Gasteiger partial charge on any atom is 0.417 e. The minimum Gasteiger partial charge on any atom is -0.295 e. The summed E-state index contributed by atoms with van der Waals surface area (Å²) in [5, 5.41) is 7.03. The first-order valence-electron chi connectivity index (χ1n) is 15.4. The number of aromatic nitrogens is 1. The Bertz CT molecular complexity index is 2320. The number of pyridine rings is 1. The highest BCUT2D eigenvalue weighted by molar-refractivity contribution is 6.21. The van der Waals surface area contributed by atoms with E-state index in [1.165, 1.54) is 38.7 Å². The Morgan fingerprint density at radius 1 is 0.447 bits per heavy atom. The summed E-state index contributed by atoms with van der Waals surface area (Å²) >= 11 is 0. The van der Waals surface area contributed by atoms with Gasteiger partial charge in [-0.25, -0.2) is 4.98 Å². The van der Waals surface area contributed by atoms with Crippen LogP contribution in [0, 0.1) is 0 Å². The lowest BCUT2D eigenvalue weighted by Gasteiger charge is -2.25. The van der Waals surface area contributed by atoms with E-state index in [4.69, 9.17) is 0 Å². The molecular formula is C42H27F3N2. The number of anilines is 3. The summed E-state index contributed by atoms with van der Waals surface area (Å²) in [5.41, 5.74) is 5.34. The predicted molar refractivity (Wildman–Crippen MR) is 187 cm³/mol. The molecule has 8 aromatic rings. The molecule has 0 atom stereocenters. The van der Waals surface area contributed by atoms with E-state index in [1.54, 1.807) is 0 Å². The van der Waals surface area contributed by atoms with Gasteiger partial charge in [-0.2, -0.15) is 13.2 Å². The van der Waals surface area contributed by atoms with Gasteiger partial charge in [-0.3, -0.25) is 4.90 Å². The van der Waals surface area contributed by atoms with Crippen molar-refractivity contribution >= 4 is 49.5 Å². The Morgan fingerprint density at radius 2 is 0.957 bits per heavy atom. The molecule has 0 saturated carbocycles. The van der Waals surface area contributed by atoms with Crippen LogP contribution in [0.3, 0.4) is 0 Å². The molecule has 1 heterocycles. The summed E-state index contributed by atoms with van der Waals surface area (Å²) in [6.07, 6.45) is -3.57. The Balaban J connectivity index is 1.29. The van der Waals surface area contributed by atoms with Crippen molar-refractivity contribution in [2.75, 3.05) is 4.90 Å². The number of nitrogens with zero attached hydrogens (tertiary/aromatic N) is 2. The highest BCUT2D eigenvalue weighted by Crippen LogP contribution is 2.45. The molecule has 0 fully saturated rings. The van der Waals surface area contributed by atoms with Gasteiger partial charge in [0.05, 0.1) is 5.56 Å². The van der Waals surface area contributed by atoms with Crippen molar-refractivity contribution in [3.63, 3.8) is 0 Å². The summed E-state index contributed by atoms with van der Waals surface area (Å²) in [6, 6.07) is 52.3. The number of halogens is 3. The van der Waals surface area contributed by atoms with Gasteiger partial charge in [0.15, 0.2) is 0 Å². The quantitative estimate of drug-likeness (QED) is 0.179. The average Bonchev–Trinajstić information content (AvgIpc) is 3.11. The molecule has 0 N–H and O–H groups in total. The minimum absolute atomic E-state index is 0.396. The number of benzene rings is 7. The van der Waals surface area contributed by atoms with E-state index in [2.05, 4.69) is 108 Å². The summed E-state index contributed by atoms with van der Waals surface area (Å²) in [7, 11) is 0. The van der Waals surface area contributed by atoms with Crippen LogP contribution < -0.4 is 4.90 Å². The molecule has 0 amide bonds. The number of alkyl halides is 3. The average molecular weight is 617 g/mol. The third kappa shape index (κ3) is 5.16. The molecule has 0 saturated heterocycles. The van der Waals surface area contributed by atoms with Crippen molar-refractivity contribution in [1.82, 2.24) is 4.98 Å². The first-order chi connectivity index (χ1) is 23.0. The van der Waals surface area contributed by atoms with Gasteiger partial charge < -0.3 is 0 Å². The van der Waals surface area contributed by atoms with Crippen molar-refractivity contribution in [3.8, 4) is 22.3 Å².